The molecular weight excluding hydrogens is 104 g/mol. The third-order valence-electron chi connectivity index (χ3n) is 1.06. The second-order valence-corrected chi connectivity index (χ2v) is 2.08. The van der Waals surface area contributed by atoms with Gasteiger partial charge in [0.05, 0.1) is 0 Å². The van der Waals surface area contributed by atoms with E-state index in [1.54, 1.807) is 7.11 Å². The number of carbonyl (C=O) groups is 1. The summed E-state index contributed by atoms with van der Waals surface area (Å²) in [5.41, 5.74) is 0. The molecular formula is C6H12O2. The summed E-state index contributed by atoms with van der Waals surface area (Å²) in [6.07, 6.45) is 0.597. The van der Waals surface area contributed by atoms with Gasteiger partial charge in [0.2, 0.25) is 0 Å². The molecule has 0 aromatic carbocycles. The minimum absolute atomic E-state index is 0.227. The Kier molecular flexibility index (Phi) is 3.44. The highest BCUT2D eigenvalue weighted by molar-refractivity contribution is 5.56. The summed E-state index contributed by atoms with van der Waals surface area (Å²) in [7, 11) is 1.54. The van der Waals surface area contributed by atoms with Crippen LogP contribution in [0.4, 0.5) is 0 Å². The van der Waals surface area contributed by atoms with Crippen molar-refractivity contribution in [2.75, 3.05) is 7.11 Å². The molecule has 8 heavy (non-hydrogen) atoms. The standard InChI is InChI=1S/C6H12O2/c1-5(2)6(4-7)8-3/h4-6H,1-3H3. The molecule has 48 valence electrons. The van der Waals surface area contributed by atoms with Crippen LogP contribution in [-0.2, 0) is 9.53 Å². The molecule has 0 fully saturated rings. The molecule has 1 atom stereocenters. The Morgan fingerprint density at radius 1 is 1.50 bits per heavy atom. The summed E-state index contributed by atoms with van der Waals surface area (Å²) >= 11 is 0. The van der Waals surface area contributed by atoms with Crippen molar-refractivity contribution in [3.63, 3.8) is 0 Å². The van der Waals surface area contributed by atoms with Crippen LogP contribution in [0.5, 0.6) is 0 Å². The van der Waals surface area contributed by atoms with Crippen molar-refractivity contribution in [3.05, 3.63) is 0 Å². The van der Waals surface area contributed by atoms with E-state index in [0.717, 1.165) is 6.29 Å². The van der Waals surface area contributed by atoms with Crippen molar-refractivity contribution in [1.29, 1.82) is 0 Å². The maximum atomic E-state index is 10.1. The van der Waals surface area contributed by atoms with Crippen LogP contribution in [0.15, 0.2) is 0 Å². The van der Waals surface area contributed by atoms with E-state index < -0.39 is 0 Å². The number of methoxy groups -OCH3 is 1. The summed E-state index contributed by atoms with van der Waals surface area (Å²) in [5, 5.41) is 0. The van der Waals surface area contributed by atoms with Crippen LogP contribution in [0.2, 0.25) is 0 Å². The van der Waals surface area contributed by atoms with E-state index in [-0.39, 0.29) is 12.0 Å². The molecule has 0 N–H and O–H groups in total. The first-order valence-corrected chi connectivity index (χ1v) is 2.70. The van der Waals surface area contributed by atoms with Gasteiger partial charge in [-0.25, -0.2) is 0 Å². The predicted octanol–water partition coefficient (Wildman–Crippen LogP) is 0.856. The van der Waals surface area contributed by atoms with E-state index in [1.165, 1.54) is 0 Å². The molecule has 0 saturated carbocycles. The Balaban J connectivity index is 3.51. The van der Waals surface area contributed by atoms with Crippen LogP contribution in [-0.4, -0.2) is 19.5 Å². The van der Waals surface area contributed by atoms with Crippen LogP contribution in [0.3, 0.4) is 0 Å². The number of ether oxygens (including phenoxy) is 1. The second-order valence-electron chi connectivity index (χ2n) is 2.08. The maximum absolute atomic E-state index is 10.1. The Hall–Kier alpha value is -0.370. The lowest BCUT2D eigenvalue weighted by Crippen LogP contribution is -2.18. The molecule has 2 nitrogen and oxygen atoms in total. The van der Waals surface area contributed by atoms with Gasteiger partial charge in [-0.1, -0.05) is 13.8 Å². The lowest BCUT2D eigenvalue weighted by molar-refractivity contribution is -0.118. The normalized spacial score (nSPS) is 14.0. The van der Waals surface area contributed by atoms with Gasteiger partial charge < -0.3 is 9.53 Å². The minimum Gasteiger partial charge on any atom is -0.374 e. The monoisotopic (exact) mass is 116 g/mol. The zero-order chi connectivity index (χ0) is 6.57. The Morgan fingerprint density at radius 3 is 2.00 bits per heavy atom. The van der Waals surface area contributed by atoms with Gasteiger partial charge in [0.1, 0.15) is 12.4 Å². The number of hydrogen-bond acceptors (Lipinski definition) is 2. The highest BCUT2D eigenvalue weighted by Crippen LogP contribution is 2.00. The molecule has 2 heteroatoms. The lowest BCUT2D eigenvalue weighted by Gasteiger charge is -2.10. The second kappa shape index (κ2) is 3.61. The zero-order valence-corrected chi connectivity index (χ0v) is 5.55. The van der Waals surface area contributed by atoms with Crippen LogP contribution in [0.25, 0.3) is 0 Å². The summed E-state index contributed by atoms with van der Waals surface area (Å²) in [5.74, 6) is 0.289. The van der Waals surface area contributed by atoms with Gasteiger partial charge in [0.25, 0.3) is 0 Å². The SMILES string of the molecule is COC(C=O)C(C)C. The van der Waals surface area contributed by atoms with Crippen molar-refractivity contribution in [2.24, 2.45) is 5.92 Å². The Bertz CT molecular complexity index is 68.9. The van der Waals surface area contributed by atoms with Crippen molar-refractivity contribution in [1.82, 2.24) is 0 Å². The average molecular weight is 116 g/mol. The van der Waals surface area contributed by atoms with E-state index in [9.17, 15) is 4.79 Å². The van der Waals surface area contributed by atoms with E-state index in [4.69, 9.17) is 4.74 Å². The highest BCUT2D eigenvalue weighted by atomic mass is 16.5. The van der Waals surface area contributed by atoms with Gasteiger partial charge in [-0.3, -0.25) is 0 Å². The molecule has 1 unspecified atom stereocenters. The highest BCUT2D eigenvalue weighted by Gasteiger charge is 2.08. The molecule has 0 spiro atoms. The van der Waals surface area contributed by atoms with Crippen LogP contribution in [0.1, 0.15) is 13.8 Å². The molecule has 0 saturated heterocycles. The first-order valence-electron chi connectivity index (χ1n) is 2.70. The zero-order valence-electron chi connectivity index (χ0n) is 5.55. The molecule has 0 aliphatic carbocycles. The molecule has 0 heterocycles. The van der Waals surface area contributed by atoms with Gasteiger partial charge in [-0.2, -0.15) is 0 Å². The third kappa shape index (κ3) is 2.07. The number of rotatable bonds is 3. The van der Waals surface area contributed by atoms with Crippen molar-refractivity contribution < 1.29 is 9.53 Å². The first-order chi connectivity index (χ1) is 3.72. The molecule has 0 radical (unpaired) electrons. The Labute approximate surface area is 49.8 Å². The molecule has 0 aromatic heterocycles. The summed E-state index contributed by atoms with van der Waals surface area (Å²) < 4.78 is 4.79. The van der Waals surface area contributed by atoms with Crippen LogP contribution >= 0.6 is 0 Å². The fourth-order valence-corrected chi connectivity index (χ4v) is 0.485. The van der Waals surface area contributed by atoms with Crippen LogP contribution in [0, 0.1) is 5.92 Å². The lowest BCUT2D eigenvalue weighted by atomic mass is 10.1. The fraction of sp³-hybridized carbons (Fsp3) is 0.833. The number of hydrogen-bond donors (Lipinski definition) is 0. The summed E-state index contributed by atoms with van der Waals surface area (Å²) in [6.45, 7) is 3.89. The van der Waals surface area contributed by atoms with Gasteiger partial charge in [-0.05, 0) is 5.92 Å². The number of aldehydes is 1. The van der Waals surface area contributed by atoms with E-state index in [2.05, 4.69) is 0 Å². The fourth-order valence-electron chi connectivity index (χ4n) is 0.485. The van der Waals surface area contributed by atoms with Gasteiger partial charge in [-0.15, -0.1) is 0 Å². The van der Waals surface area contributed by atoms with E-state index >= 15 is 0 Å². The summed E-state index contributed by atoms with van der Waals surface area (Å²) in [6, 6.07) is 0. The maximum Gasteiger partial charge on any atom is 0.149 e. The average Bonchev–Trinajstić information content (AvgIpc) is 1.69. The summed E-state index contributed by atoms with van der Waals surface area (Å²) in [4.78, 5) is 10.1. The van der Waals surface area contributed by atoms with Crippen molar-refractivity contribution in [3.8, 4) is 0 Å². The van der Waals surface area contributed by atoms with E-state index in [0.29, 0.717) is 0 Å². The van der Waals surface area contributed by atoms with Crippen molar-refractivity contribution in [2.45, 2.75) is 20.0 Å². The largest absolute Gasteiger partial charge is 0.374 e. The topological polar surface area (TPSA) is 26.3 Å². The van der Waals surface area contributed by atoms with Gasteiger partial charge in [0, 0.05) is 7.11 Å². The molecule has 0 aliphatic heterocycles. The predicted molar refractivity (Wildman–Crippen MR) is 31.7 cm³/mol. The van der Waals surface area contributed by atoms with E-state index in [1.807, 2.05) is 13.8 Å². The van der Waals surface area contributed by atoms with Gasteiger partial charge in [0.15, 0.2) is 0 Å². The smallest absolute Gasteiger partial charge is 0.149 e. The molecule has 0 rings (SSSR count). The quantitative estimate of drug-likeness (QED) is 0.511. The number of carbonyl (C=O) groups excluding carboxylic acids is 1. The molecule has 0 aromatic rings. The van der Waals surface area contributed by atoms with Crippen molar-refractivity contribution >= 4 is 6.29 Å². The third-order valence-corrected chi connectivity index (χ3v) is 1.06. The molecule has 0 bridgehead atoms. The van der Waals surface area contributed by atoms with Gasteiger partial charge >= 0.3 is 0 Å². The van der Waals surface area contributed by atoms with Crippen LogP contribution < -0.4 is 0 Å². The molecule has 0 amide bonds. The Morgan fingerprint density at radius 2 is 2.00 bits per heavy atom. The first kappa shape index (κ1) is 7.63. The minimum atomic E-state index is -0.227. The molecule has 0 aliphatic rings.